The summed E-state index contributed by atoms with van der Waals surface area (Å²) in [6.45, 7) is 2.70. The number of hydrogen-bond acceptors (Lipinski definition) is 2. The minimum atomic E-state index is -0.224. The normalized spacial score (nSPS) is 21.8. The van der Waals surface area contributed by atoms with E-state index in [1.807, 2.05) is 6.92 Å². The van der Waals surface area contributed by atoms with E-state index in [2.05, 4.69) is 28.1 Å². The van der Waals surface area contributed by atoms with Crippen LogP contribution >= 0.6 is 15.9 Å². The molecular weight excluding hydrogens is 280 g/mol. The third kappa shape index (κ3) is 2.00. The van der Waals surface area contributed by atoms with Crippen molar-refractivity contribution in [3.63, 3.8) is 0 Å². The molecule has 1 atom stereocenters. The Morgan fingerprint density at radius 1 is 1.47 bits per heavy atom. The summed E-state index contributed by atoms with van der Waals surface area (Å²) >= 11 is 3.56. The Balaban J connectivity index is 1.93. The van der Waals surface area contributed by atoms with Crippen molar-refractivity contribution >= 4 is 15.9 Å². The fraction of sp³-hybridized carbons (Fsp3) is 0.571. The molecular formula is C14H17BrO2. The second kappa shape index (κ2) is 3.99. The standard InChI is InChI=1S/C14H17BrO2/c1-9(16)14(3-4-14)8-11-7-12(15)6-10-2-5-17-13(10)11/h6-7,9,16H,2-5,8H2,1H3. The summed E-state index contributed by atoms with van der Waals surface area (Å²) in [6.07, 6.45) is 3.98. The van der Waals surface area contributed by atoms with Crippen molar-refractivity contribution < 1.29 is 9.84 Å². The molecule has 1 N–H and O–H groups in total. The van der Waals surface area contributed by atoms with Gasteiger partial charge in [-0.1, -0.05) is 15.9 Å². The number of aliphatic hydroxyl groups is 1. The number of fused-ring (bicyclic) bond motifs is 1. The fourth-order valence-electron chi connectivity index (χ4n) is 2.76. The van der Waals surface area contributed by atoms with Crippen LogP contribution in [-0.4, -0.2) is 17.8 Å². The molecule has 1 fully saturated rings. The van der Waals surface area contributed by atoms with Crippen LogP contribution in [0.2, 0.25) is 0 Å². The molecule has 2 aliphatic rings. The van der Waals surface area contributed by atoms with E-state index in [9.17, 15) is 5.11 Å². The molecule has 1 aromatic rings. The smallest absolute Gasteiger partial charge is 0.125 e. The van der Waals surface area contributed by atoms with Crippen molar-refractivity contribution in [2.75, 3.05) is 6.61 Å². The van der Waals surface area contributed by atoms with E-state index in [0.717, 1.165) is 42.5 Å². The summed E-state index contributed by atoms with van der Waals surface area (Å²) in [6, 6.07) is 4.29. The zero-order valence-corrected chi connectivity index (χ0v) is 11.6. The highest BCUT2D eigenvalue weighted by molar-refractivity contribution is 9.10. The predicted octanol–water partition coefficient (Wildman–Crippen LogP) is 3.09. The molecule has 1 saturated carbocycles. The Morgan fingerprint density at radius 2 is 2.24 bits per heavy atom. The summed E-state index contributed by atoms with van der Waals surface area (Å²) in [5.41, 5.74) is 2.67. The number of rotatable bonds is 3. The Kier molecular flexibility index (Phi) is 2.71. The third-order valence-electron chi connectivity index (χ3n) is 4.15. The molecule has 0 radical (unpaired) electrons. The highest BCUT2D eigenvalue weighted by Gasteiger charge is 2.47. The van der Waals surface area contributed by atoms with E-state index >= 15 is 0 Å². The molecule has 0 amide bonds. The van der Waals surface area contributed by atoms with Crippen LogP contribution < -0.4 is 4.74 Å². The maximum atomic E-state index is 9.87. The second-order valence-electron chi connectivity index (χ2n) is 5.37. The zero-order chi connectivity index (χ0) is 12.0. The third-order valence-corrected chi connectivity index (χ3v) is 4.60. The molecule has 0 aromatic heterocycles. The van der Waals surface area contributed by atoms with Gasteiger partial charge < -0.3 is 9.84 Å². The second-order valence-corrected chi connectivity index (χ2v) is 6.28. The van der Waals surface area contributed by atoms with Gasteiger partial charge >= 0.3 is 0 Å². The minimum Gasteiger partial charge on any atom is -0.493 e. The predicted molar refractivity (Wildman–Crippen MR) is 70.4 cm³/mol. The zero-order valence-electron chi connectivity index (χ0n) is 10.0. The molecule has 0 bridgehead atoms. The van der Waals surface area contributed by atoms with E-state index in [0.29, 0.717) is 0 Å². The molecule has 1 aromatic carbocycles. The van der Waals surface area contributed by atoms with Gasteiger partial charge in [0, 0.05) is 16.3 Å². The molecule has 0 saturated heterocycles. The van der Waals surface area contributed by atoms with Crippen molar-refractivity contribution in [2.45, 2.75) is 38.7 Å². The molecule has 1 aliphatic heterocycles. The van der Waals surface area contributed by atoms with Crippen LogP contribution in [0.15, 0.2) is 16.6 Å². The van der Waals surface area contributed by atoms with E-state index in [4.69, 9.17) is 4.74 Å². The van der Waals surface area contributed by atoms with Gasteiger partial charge in [0.15, 0.2) is 0 Å². The number of hydrogen-bond donors (Lipinski definition) is 1. The van der Waals surface area contributed by atoms with Crippen molar-refractivity contribution in [1.82, 2.24) is 0 Å². The Morgan fingerprint density at radius 3 is 2.88 bits per heavy atom. The van der Waals surface area contributed by atoms with E-state index < -0.39 is 0 Å². The highest BCUT2D eigenvalue weighted by Crippen LogP contribution is 2.52. The van der Waals surface area contributed by atoms with Gasteiger partial charge in [-0.05, 0) is 49.4 Å². The van der Waals surface area contributed by atoms with Gasteiger partial charge in [0.25, 0.3) is 0 Å². The van der Waals surface area contributed by atoms with Crippen molar-refractivity contribution in [1.29, 1.82) is 0 Å². The van der Waals surface area contributed by atoms with Gasteiger partial charge in [-0.25, -0.2) is 0 Å². The lowest BCUT2D eigenvalue weighted by atomic mass is 9.90. The number of halogens is 1. The van der Waals surface area contributed by atoms with Gasteiger partial charge in [0.1, 0.15) is 5.75 Å². The van der Waals surface area contributed by atoms with Crippen LogP contribution in [0.4, 0.5) is 0 Å². The lowest BCUT2D eigenvalue weighted by Gasteiger charge is -2.20. The molecule has 92 valence electrons. The first kappa shape index (κ1) is 11.5. The first-order valence-corrected chi connectivity index (χ1v) is 7.02. The Hall–Kier alpha value is -0.540. The molecule has 1 heterocycles. The lowest BCUT2D eigenvalue weighted by Crippen LogP contribution is -2.20. The first-order valence-electron chi connectivity index (χ1n) is 6.23. The summed E-state index contributed by atoms with van der Waals surface area (Å²) in [4.78, 5) is 0. The molecule has 0 spiro atoms. The Bertz CT molecular complexity index is 450. The largest absolute Gasteiger partial charge is 0.493 e. The quantitative estimate of drug-likeness (QED) is 0.929. The highest BCUT2D eigenvalue weighted by atomic mass is 79.9. The van der Waals surface area contributed by atoms with Gasteiger partial charge in [-0.2, -0.15) is 0 Å². The molecule has 1 unspecified atom stereocenters. The van der Waals surface area contributed by atoms with E-state index in [-0.39, 0.29) is 11.5 Å². The van der Waals surface area contributed by atoms with Gasteiger partial charge in [-0.15, -0.1) is 0 Å². The van der Waals surface area contributed by atoms with Crippen LogP contribution in [0.1, 0.15) is 30.9 Å². The molecule has 3 rings (SSSR count). The average molecular weight is 297 g/mol. The summed E-state index contributed by atoms with van der Waals surface area (Å²) in [7, 11) is 0. The Labute approximate surface area is 110 Å². The fourth-order valence-corrected chi connectivity index (χ4v) is 3.31. The summed E-state index contributed by atoms with van der Waals surface area (Å²) in [5.74, 6) is 1.07. The lowest BCUT2D eigenvalue weighted by molar-refractivity contribution is 0.110. The first-order chi connectivity index (χ1) is 8.11. The molecule has 3 heteroatoms. The van der Waals surface area contributed by atoms with Gasteiger partial charge in [-0.3, -0.25) is 0 Å². The van der Waals surface area contributed by atoms with Crippen LogP contribution in [-0.2, 0) is 12.8 Å². The number of aliphatic hydroxyl groups excluding tert-OH is 1. The van der Waals surface area contributed by atoms with Crippen LogP contribution in [0.5, 0.6) is 5.75 Å². The minimum absolute atomic E-state index is 0.112. The monoisotopic (exact) mass is 296 g/mol. The van der Waals surface area contributed by atoms with Gasteiger partial charge in [0.05, 0.1) is 12.7 Å². The summed E-state index contributed by atoms with van der Waals surface area (Å²) < 4.78 is 6.86. The maximum Gasteiger partial charge on any atom is 0.125 e. The van der Waals surface area contributed by atoms with Crippen molar-refractivity contribution in [2.24, 2.45) is 5.41 Å². The van der Waals surface area contributed by atoms with Crippen LogP contribution in [0.25, 0.3) is 0 Å². The average Bonchev–Trinajstić information content (AvgIpc) is 2.88. The van der Waals surface area contributed by atoms with E-state index in [1.165, 1.54) is 11.1 Å². The molecule has 17 heavy (non-hydrogen) atoms. The number of ether oxygens (including phenoxy) is 1. The van der Waals surface area contributed by atoms with Crippen LogP contribution in [0.3, 0.4) is 0 Å². The number of benzene rings is 1. The van der Waals surface area contributed by atoms with Crippen LogP contribution in [0, 0.1) is 5.41 Å². The molecule has 2 nitrogen and oxygen atoms in total. The summed E-state index contributed by atoms with van der Waals surface area (Å²) in [5, 5.41) is 9.87. The van der Waals surface area contributed by atoms with Gasteiger partial charge in [0.2, 0.25) is 0 Å². The SMILES string of the molecule is CC(O)C1(Cc2cc(Br)cc3c2OCC3)CC1. The van der Waals surface area contributed by atoms with Crippen molar-refractivity contribution in [3.05, 3.63) is 27.7 Å². The topological polar surface area (TPSA) is 29.5 Å². The maximum absolute atomic E-state index is 9.87. The van der Waals surface area contributed by atoms with E-state index in [1.54, 1.807) is 0 Å². The molecule has 1 aliphatic carbocycles. The van der Waals surface area contributed by atoms with Crippen molar-refractivity contribution in [3.8, 4) is 5.75 Å².